The summed E-state index contributed by atoms with van der Waals surface area (Å²) < 4.78 is 1.66. The fraction of sp³-hybridized carbons (Fsp3) is 0.368. The van der Waals surface area contributed by atoms with Gasteiger partial charge in [-0.1, -0.05) is 6.92 Å². The molecule has 1 aliphatic carbocycles. The molecule has 0 spiro atoms. The van der Waals surface area contributed by atoms with E-state index in [0.29, 0.717) is 29.5 Å². The molecule has 1 aromatic heterocycles. The zero-order valence-corrected chi connectivity index (χ0v) is 14.9. The molecule has 1 aliphatic rings. The number of carbonyl (C=O) groups is 3. The van der Waals surface area contributed by atoms with Crippen molar-refractivity contribution in [2.24, 2.45) is 18.9 Å². The van der Waals surface area contributed by atoms with Gasteiger partial charge in [-0.15, -0.1) is 0 Å². The molecule has 1 fully saturated rings. The zero-order valence-electron chi connectivity index (χ0n) is 14.9. The molecule has 26 heavy (non-hydrogen) atoms. The Kier molecular flexibility index (Phi) is 5.16. The molecule has 7 nitrogen and oxygen atoms in total. The van der Waals surface area contributed by atoms with Gasteiger partial charge in [-0.05, 0) is 36.6 Å². The molecule has 3 rings (SSSR count). The smallest absolute Gasteiger partial charge is 0.228 e. The van der Waals surface area contributed by atoms with Gasteiger partial charge in [0.2, 0.25) is 17.6 Å². The summed E-state index contributed by atoms with van der Waals surface area (Å²) in [6.07, 6.45) is 4.43. The van der Waals surface area contributed by atoms with Gasteiger partial charge >= 0.3 is 0 Å². The number of amides is 2. The van der Waals surface area contributed by atoms with Gasteiger partial charge in [-0.25, -0.2) is 4.98 Å². The van der Waals surface area contributed by atoms with Crippen molar-refractivity contribution < 1.29 is 14.4 Å². The maximum Gasteiger partial charge on any atom is 0.228 e. The van der Waals surface area contributed by atoms with Crippen LogP contribution in [-0.4, -0.2) is 33.7 Å². The van der Waals surface area contributed by atoms with Crippen LogP contribution in [-0.2, 0) is 16.6 Å². The van der Waals surface area contributed by atoms with E-state index in [4.69, 9.17) is 0 Å². The second-order valence-electron chi connectivity index (χ2n) is 6.68. The van der Waals surface area contributed by atoms with Gasteiger partial charge in [0.05, 0.1) is 0 Å². The summed E-state index contributed by atoms with van der Waals surface area (Å²) in [5.74, 6) is 0.604. The quantitative estimate of drug-likeness (QED) is 0.741. The Morgan fingerprint density at radius 2 is 1.92 bits per heavy atom. The lowest BCUT2D eigenvalue weighted by molar-refractivity contribution is -0.122. The van der Waals surface area contributed by atoms with Crippen LogP contribution in [0.1, 0.15) is 35.9 Å². The second-order valence-corrected chi connectivity index (χ2v) is 6.68. The van der Waals surface area contributed by atoms with Crippen LogP contribution in [0.15, 0.2) is 36.7 Å². The van der Waals surface area contributed by atoms with E-state index in [2.05, 4.69) is 15.6 Å². The van der Waals surface area contributed by atoms with Crippen LogP contribution >= 0.6 is 0 Å². The van der Waals surface area contributed by atoms with Gasteiger partial charge < -0.3 is 15.2 Å². The number of carbonyl (C=O) groups excluding carboxylic acids is 3. The van der Waals surface area contributed by atoms with Crippen LogP contribution < -0.4 is 10.6 Å². The molecular weight excluding hydrogens is 332 g/mol. The Balaban J connectivity index is 1.47. The van der Waals surface area contributed by atoms with E-state index < -0.39 is 0 Å². The molecule has 1 saturated carbocycles. The lowest BCUT2D eigenvalue weighted by atomic mass is 10.1. The highest BCUT2D eigenvalue weighted by molar-refractivity contribution is 6.07. The Morgan fingerprint density at radius 1 is 1.23 bits per heavy atom. The summed E-state index contributed by atoms with van der Waals surface area (Å²) in [6.45, 7) is 2.36. The number of rotatable bonds is 7. The minimum Gasteiger partial charge on any atom is -0.355 e. The number of imidazole rings is 1. The first-order valence-electron chi connectivity index (χ1n) is 8.65. The highest BCUT2D eigenvalue weighted by Crippen LogP contribution is 2.37. The Hall–Kier alpha value is -2.96. The van der Waals surface area contributed by atoms with Crippen LogP contribution in [0.25, 0.3) is 0 Å². The summed E-state index contributed by atoms with van der Waals surface area (Å²) in [7, 11) is 1.76. The lowest BCUT2D eigenvalue weighted by Crippen LogP contribution is -2.29. The molecule has 2 unspecified atom stereocenters. The third kappa shape index (κ3) is 4.17. The normalized spacial score (nSPS) is 18.2. The summed E-state index contributed by atoms with van der Waals surface area (Å²) >= 11 is 0. The first kappa shape index (κ1) is 17.8. The lowest BCUT2D eigenvalue weighted by Gasteiger charge is -2.07. The number of benzene rings is 1. The van der Waals surface area contributed by atoms with Crippen LogP contribution in [0.3, 0.4) is 0 Å². The molecule has 2 amide bonds. The summed E-state index contributed by atoms with van der Waals surface area (Å²) in [5.41, 5.74) is 1.11. The van der Waals surface area contributed by atoms with E-state index in [1.54, 1.807) is 48.3 Å². The van der Waals surface area contributed by atoms with Crippen molar-refractivity contribution in [1.29, 1.82) is 0 Å². The Labute approximate surface area is 151 Å². The first-order chi connectivity index (χ1) is 12.5. The Bertz CT molecular complexity index is 826. The van der Waals surface area contributed by atoms with Gasteiger partial charge in [0.1, 0.15) is 0 Å². The third-order valence-electron chi connectivity index (χ3n) is 4.55. The number of ketones is 1. The van der Waals surface area contributed by atoms with Crippen molar-refractivity contribution in [2.75, 3.05) is 11.9 Å². The maximum atomic E-state index is 12.3. The second kappa shape index (κ2) is 7.51. The predicted octanol–water partition coefficient (Wildman–Crippen LogP) is 1.75. The molecule has 1 aromatic carbocycles. The number of aryl methyl sites for hydroxylation is 1. The van der Waals surface area contributed by atoms with Gasteiger partial charge in [-0.2, -0.15) is 0 Å². The average molecular weight is 354 g/mol. The van der Waals surface area contributed by atoms with Crippen molar-refractivity contribution in [1.82, 2.24) is 14.9 Å². The van der Waals surface area contributed by atoms with Gasteiger partial charge in [-0.3, -0.25) is 14.4 Å². The third-order valence-corrected chi connectivity index (χ3v) is 4.55. The fourth-order valence-corrected chi connectivity index (χ4v) is 2.76. The molecule has 136 valence electrons. The van der Waals surface area contributed by atoms with E-state index in [9.17, 15) is 14.4 Å². The van der Waals surface area contributed by atoms with Gasteiger partial charge in [0.15, 0.2) is 5.82 Å². The standard InChI is InChI=1S/C19H22N4O3/c1-12-11-15(12)19(26)21-8-7-16(24)22-14-5-3-13(4-6-14)17(25)18-20-9-10-23(18)2/h3-6,9-10,12,15H,7-8,11H2,1-2H3,(H,21,26)(H,22,24). The molecule has 2 aromatic rings. The number of hydrogen-bond acceptors (Lipinski definition) is 4. The molecule has 2 atom stereocenters. The van der Waals surface area contributed by atoms with Crippen LogP contribution in [0.5, 0.6) is 0 Å². The molecule has 2 N–H and O–H groups in total. The van der Waals surface area contributed by atoms with Crippen molar-refractivity contribution in [2.45, 2.75) is 19.8 Å². The highest BCUT2D eigenvalue weighted by atomic mass is 16.2. The Morgan fingerprint density at radius 3 is 2.50 bits per heavy atom. The summed E-state index contributed by atoms with van der Waals surface area (Å²) in [5, 5.41) is 5.54. The van der Waals surface area contributed by atoms with Crippen molar-refractivity contribution in [3.8, 4) is 0 Å². The molecule has 0 radical (unpaired) electrons. The van der Waals surface area contributed by atoms with E-state index in [1.165, 1.54) is 0 Å². The van der Waals surface area contributed by atoms with Crippen molar-refractivity contribution in [3.05, 3.63) is 48.0 Å². The van der Waals surface area contributed by atoms with Crippen molar-refractivity contribution in [3.63, 3.8) is 0 Å². The van der Waals surface area contributed by atoms with E-state index in [-0.39, 0.29) is 29.9 Å². The average Bonchev–Trinajstić information content (AvgIpc) is 3.20. The number of nitrogens with one attached hydrogen (secondary N) is 2. The number of anilines is 1. The molecule has 1 heterocycles. The molecule has 0 bridgehead atoms. The van der Waals surface area contributed by atoms with Crippen LogP contribution in [0, 0.1) is 11.8 Å². The topological polar surface area (TPSA) is 93.1 Å². The minimum absolute atomic E-state index is 0.0300. The monoisotopic (exact) mass is 354 g/mol. The van der Waals surface area contributed by atoms with Gasteiger partial charge in [0, 0.05) is 49.6 Å². The molecule has 0 aliphatic heterocycles. The molecular formula is C19H22N4O3. The predicted molar refractivity (Wildman–Crippen MR) is 96.6 cm³/mol. The fourth-order valence-electron chi connectivity index (χ4n) is 2.76. The highest BCUT2D eigenvalue weighted by Gasteiger charge is 2.38. The largest absolute Gasteiger partial charge is 0.355 e. The van der Waals surface area contributed by atoms with Crippen LogP contribution in [0.4, 0.5) is 5.69 Å². The summed E-state index contributed by atoms with van der Waals surface area (Å²) in [4.78, 5) is 40.0. The summed E-state index contributed by atoms with van der Waals surface area (Å²) in [6, 6.07) is 6.67. The van der Waals surface area contributed by atoms with E-state index in [0.717, 1.165) is 6.42 Å². The maximum absolute atomic E-state index is 12.3. The molecule has 7 heteroatoms. The van der Waals surface area contributed by atoms with E-state index >= 15 is 0 Å². The van der Waals surface area contributed by atoms with Gasteiger partial charge in [0.25, 0.3) is 0 Å². The SMILES string of the molecule is CC1CC1C(=O)NCCC(=O)Nc1ccc(C(=O)c2nccn2C)cc1. The number of nitrogens with zero attached hydrogens (tertiary/aromatic N) is 2. The zero-order chi connectivity index (χ0) is 18.7. The van der Waals surface area contributed by atoms with Crippen molar-refractivity contribution >= 4 is 23.3 Å². The minimum atomic E-state index is -0.183. The molecule has 0 saturated heterocycles. The van der Waals surface area contributed by atoms with E-state index in [1.807, 2.05) is 6.92 Å². The van der Waals surface area contributed by atoms with Crippen LogP contribution in [0.2, 0.25) is 0 Å². The number of aromatic nitrogens is 2. The first-order valence-corrected chi connectivity index (χ1v) is 8.65. The number of hydrogen-bond donors (Lipinski definition) is 2.